The Morgan fingerprint density at radius 3 is 1.80 bits per heavy atom. The summed E-state index contributed by atoms with van der Waals surface area (Å²) in [6, 6.07) is 77.7. The molecule has 0 amide bonds. The Hall–Kier alpha value is -7.16. The molecule has 0 spiro atoms. The van der Waals surface area contributed by atoms with Crippen molar-refractivity contribution in [2.45, 2.75) is 44.9 Å². The van der Waals surface area contributed by atoms with Gasteiger partial charge in [0.1, 0.15) is 0 Å². The summed E-state index contributed by atoms with van der Waals surface area (Å²) in [5.41, 5.74) is 18.1. The lowest BCUT2D eigenvalue weighted by atomic mass is 9.82. The minimum atomic E-state index is 0.619. The van der Waals surface area contributed by atoms with Gasteiger partial charge in [0.15, 0.2) is 0 Å². The van der Waals surface area contributed by atoms with Gasteiger partial charge in [0.05, 0.1) is 0 Å². The molecule has 2 heteroatoms. The summed E-state index contributed by atoms with van der Waals surface area (Å²) in [4.78, 5) is 2.41. The highest BCUT2D eigenvalue weighted by molar-refractivity contribution is 5.94. The van der Waals surface area contributed by atoms with E-state index in [2.05, 4.69) is 229 Å². The van der Waals surface area contributed by atoms with Crippen LogP contribution in [0.3, 0.4) is 0 Å². The molecule has 0 aromatic heterocycles. The number of para-hydroxylation sites is 2. The van der Waals surface area contributed by atoms with Gasteiger partial charge in [-0.05, 0) is 147 Å². The fourth-order valence-electron chi connectivity index (χ4n) is 9.42. The molecule has 9 aromatic carbocycles. The number of fused-ring (bicyclic) bond motifs is 1. The first-order valence-electron chi connectivity index (χ1n) is 21.9. The molecule has 1 N–H and O–H groups in total. The van der Waals surface area contributed by atoms with Gasteiger partial charge in [0.25, 0.3) is 0 Å². The predicted octanol–water partition coefficient (Wildman–Crippen LogP) is 17.1. The first-order valence-corrected chi connectivity index (χ1v) is 21.9. The fourth-order valence-corrected chi connectivity index (χ4v) is 9.42. The van der Waals surface area contributed by atoms with Crippen molar-refractivity contribution in [3.63, 3.8) is 0 Å². The summed E-state index contributed by atoms with van der Waals surface area (Å²) < 4.78 is 0. The van der Waals surface area contributed by atoms with Crippen LogP contribution in [-0.4, -0.2) is 0 Å². The van der Waals surface area contributed by atoms with Gasteiger partial charge in [-0.15, -0.1) is 0 Å². The third-order valence-corrected chi connectivity index (χ3v) is 12.5. The number of nitrogens with zero attached hydrogens (tertiary/aromatic N) is 1. The summed E-state index contributed by atoms with van der Waals surface area (Å²) >= 11 is 0. The maximum Gasteiger partial charge on any atom is 0.0468 e. The van der Waals surface area contributed by atoms with Crippen molar-refractivity contribution in [2.24, 2.45) is 0 Å². The highest BCUT2D eigenvalue weighted by Gasteiger charge is 2.20. The Morgan fingerprint density at radius 1 is 0.410 bits per heavy atom. The van der Waals surface area contributed by atoms with Gasteiger partial charge < -0.3 is 10.2 Å². The molecule has 0 aliphatic heterocycles. The molecule has 1 fully saturated rings. The zero-order valence-corrected chi connectivity index (χ0v) is 34.8. The highest BCUT2D eigenvalue weighted by Crippen LogP contribution is 2.44. The molecule has 10 rings (SSSR count). The SMILES string of the molecule is Cc1cccc(-c2cccc(N(c3ccc(-c4cc(-c5ccccc5)cc(C5CCCCC5)c4)cc3)c3ccc4ccccc4c3)c2)c1-c1ccccc1Nc1ccccc1. The molecular weight excluding hydrogens is 737 g/mol. The second-order valence-electron chi connectivity index (χ2n) is 16.5. The minimum Gasteiger partial charge on any atom is -0.355 e. The topological polar surface area (TPSA) is 15.3 Å². The lowest BCUT2D eigenvalue weighted by Crippen LogP contribution is -2.10. The summed E-state index contributed by atoms with van der Waals surface area (Å²) in [5, 5.41) is 6.15. The first kappa shape index (κ1) is 38.1. The first-order chi connectivity index (χ1) is 30.1. The second-order valence-corrected chi connectivity index (χ2v) is 16.5. The maximum atomic E-state index is 3.70. The van der Waals surface area contributed by atoms with Crippen LogP contribution < -0.4 is 10.2 Å². The Bertz CT molecular complexity index is 2930. The third kappa shape index (κ3) is 8.10. The van der Waals surface area contributed by atoms with E-state index in [4.69, 9.17) is 0 Å². The van der Waals surface area contributed by atoms with Gasteiger partial charge in [0, 0.05) is 34.0 Å². The Morgan fingerprint density at radius 2 is 1.02 bits per heavy atom. The molecule has 1 aliphatic carbocycles. The Balaban J connectivity index is 1.07. The van der Waals surface area contributed by atoms with Crippen molar-refractivity contribution in [3.8, 4) is 44.5 Å². The smallest absolute Gasteiger partial charge is 0.0468 e. The molecule has 0 saturated heterocycles. The zero-order valence-electron chi connectivity index (χ0n) is 34.8. The number of hydrogen-bond acceptors (Lipinski definition) is 2. The number of nitrogens with one attached hydrogen (secondary N) is 1. The van der Waals surface area contributed by atoms with E-state index in [1.165, 1.54) is 98.5 Å². The van der Waals surface area contributed by atoms with E-state index in [1.807, 2.05) is 0 Å². The van der Waals surface area contributed by atoms with Crippen LogP contribution in [0.5, 0.6) is 0 Å². The highest BCUT2D eigenvalue weighted by atomic mass is 15.1. The summed E-state index contributed by atoms with van der Waals surface area (Å²) in [5.74, 6) is 0.619. The molecule has 61 heavy (non-hydrogen) atoms. The van der Waals surface area contributed by atoms with Crippen molar-refractivity contribution in [2.75, 3.05) is 10.2 Å². The van der Waals surface area contributed by atoms with Crippen LogP contribution in [0.1, 0.15) is 49.1 Å². The number of benzene rings is 9. The molecule has 0 unspecified atom stereocenters. The molecule has 0 heterocycles. The quantitative estimate of drug-likeness (QED) is 0.149. The van der Waals surface area contributed by atoms with Crippen molar-refractivity contribution in [1.82, 2.24) is 0 Å². The molecule has 296 valence electrons. The summed E-state index contributed by atoms with van der Waals surface area (Å²) in [6.07, 6.45) is 6.54. The molecule has 1 saturated carbocycles. The van der Waals surface area contributed by atoms with Crippen LogP contribution in [0.25, 0.3) is 55.3 Å². The summed E-state index contributed by atoms with van der Waals surface area (Å²) in [7, 11) is 0. The van der Waals surface area contributed by atoms with Crippen LogP contribution in [-0.2, 0) is 0 Å². The van der Waals surface area contributed by atoms with Crippen molar-refractivity contribution >= 4 is 39.2 Å². The second kappa shape index (κ2) is 17.2. The molecule has 2 nitrogen and oxygen atoms in total. The third-order valence-electron chi connectivity index (χ3n) is 12.5. The lowest BCUT2D eigenvalue weighted by Gasteiger charge is -2.27. The largest absolute Gasteiger partial charge is 0.355 e. The average molecular weight is 787 g/mol. The van der Waals surface area contributed by atoms with E-state index in [0.717, 1.165) is 28.4 Å². The lowest BCUT2D eigenvalue weighted by molar-refractivity contribution is 0.444. The number of hydrogen-bond donors (Lipinski definition) is 1. The summed E-state index contributed by atoms with van der Waals surface area (Å²) in [6.45, 7) is 2.22. The Labute approximate surface area is 360 Å². The number of aryl methyl sites for hydroxylation is 1. The fraction of sp³-hybridized carbons (Fsp3) is 0.119. The standard InChI is InChI=1S/C59H50N2/c1-42-17-15-29-56(59(42)57-28-13-14-30-58(57)60-52-25-9-4-10-26-52)48-24-16-27-54(41-48)61(55-36-33-45-22-11-12-23-47(45)40-55)53-34-31-46(32-35-53)51-38-49(43-18-5-2-6-19-43)37-50(39-51)44-20-7-3-8-21-44/h2,4-6,9-19,22-41,44,60H,3,7-8,20-21H2,1H3. The van der Waals surface area contributed by atoms with Crippen LogP contribution in [0, 0.1) is 6.92 Å². The van der Waals surface area contributed by atoms with E-state index >= 15 is 0 Å². The maximum absolute atomic E-state index is 3.70. The van der Waals surface area contributed by atoms with Crippen LogP contribution in [0.4, 0.5) is 28.4 Å². The van der Waals surface area contributed by atoms with Crippen molar-refractivity contribution < 1.29 is 0 Å². The van der Waals surface area contributed by atoms with Gasteiger partial charge >= 0.3 is 0 Å². The van der Waals surface area contributed by atoms with E-state index in [1.54, 1.807) is 0 Å². The van der Waals surface area contributed by atoms with Gasteiger partial charge in [-0.3, -0.25) is 0 Å². The van der Waals surface area contributed by atoms with Gasteiger partial charge in [0.2, 0.25) is 0 Å². The minimum absolute atomic E-state index is 0.619. The zero-order chi connectivity index (χ0) is 41.0. The van der Waals surface area contributed by atoms with Gasteiger partial charge in [-0.2, -0.15) is 0 Å². The van der Waals surface area contributed by atoms with Crippen molar-refractivity contribution in [1.29, 1.82) is 0 Å². The molecule has 0 bridgehead atoms. The number of anilines is 5. The van der Waals surface area contributed by atoms with Crippen LogP contribution >= 0.6 is 0 Å². The van der Waals surface area contributed by atoms with Gasteiger partial charge in [-0.1, -0.05) is 171 Å². The van der Waals surface area contributed by atoms with Crippen LogP contribution in [0.2, 0.25) is 0 Å². The van der Waals surface area contributed by atoms with E-state index in [9.17, 15) is 0 Å². The average Bonchev–Trinajstić information content (AvgIpc) is 3.33. The van der Waals surface area contributed by atoms with Crippen LogP contribution in [0.15, 0.2) is 212 Å². The number of rotatable bonds is 10. The molecule has 1 aliphatic rings. The molecular formula is C59H50N2. The van der Waals surface area contributed by atoms with Crippen molar-refractivity contribution in [3.05, 3.63) is 223 Å². The monoisotopic (exact) mass is 786 g/mol. The van der Waals surface area contributed by atoms with Gasteiger partial charge in [-0.25, -0.2) is 0 Å². The molecule has 0 atom stereocenters. The normalized spacial score (nSPS) is 12.9. The predicted molar refractivity (Wildman–Crippen MR) is 261 cm³/mol. The van der Waals surface area contributed by atoms with E-state index in [0.29, 0.717) is 5.92 Å². The molecule has 9 aromatic rings. The Kier molecular flexibility index (Phi) is 10.7. The van der Waals surface area contributed by atoms with E-state index < -0.39 is 0 Å². The van der Waals surface area contributed by atoms with E-state index in [-0.39, 0.29) is 0 Å². The molecule has 0 radical (unpaired) electrons.